The van der Waals surface area contributed by atoms with Crippen LogP contribution in [0.5, 0.6) is 0 Å². The predicted molar refractivity (Wildman–Crippen MR) is 74.1 cm³/mol. The maximum atomic E-state index is 5.95. The van der Waals surface area contributed by atoms with Crippen LogP contribution in [0.3, 0.4) is 0 Å². The Kier molecular flexibility index (Phi) is 2.79. The normalized spacial score (nSPS) is 11.2. The zero-order valence-corrected chi connectivity index (χ0v) is 11.2. The highest BCUT2D eigenvalue weighted by molar-refractivity contribution is 9.10. The van der Waals surface area contributed by atoms with Crippen molar-refractivity contribution in [1.29, 1.82) is 0 Å². The Morgan fingerprint density at radius 3 is 2.94 bits per heavy atom. The van der Waals surface area contributed by atoms with Crippen molar-refractivity contribution in [2.75, 3.05) is 5.73 Å². The van der Waals surface area contributed by atoms with E-state index in [0.29, 0.717) is 5.95 Å². The smallest absolute Gasteiger partial charge is 0.201 e. The second kappa shape index (κ2) is 4.45. The number of nitrogen functional groups attached to an aromatic ring is 1. The minimum Gasteiger partial charge on any atom is -0.369 e. The summed E-state index contributed by atoms with van der Waals surface area (Å²) in [5.74, 6) is 0.537. The molecule has 0 aliphatic heterocycles. The van der Waals surface area contributed by atoms with Crippen LogP contribution in [-0.2, 0) is 13.1 Å². The lowest BCUT2D eigenvalue weighted by atomic mass is 10.3. The molecule has 18 heavy (non-hydrogen) atoms. The number of aromatic nitrogens is 4. The molecular formula is C12H12BrN5. The van der Waals surface area contributed by atoms with Crippen LogP contribution >= 0.6 is 15.9 Å². The molecule has 6 heteroatoms. The first-order valence-corrected chi connectivity index (χ1v) is 6.42. The van der Waals surface area contributed by atoms with Crippen molar-refractivity contribution in [3.8, 4) is 0 Å². The molecule has 0 aliphatic carbocycles. The van der Waals surface area contributed by atoms with Gasteiger partial charge in [-0.1, -0.05) is 15.9 Å². The van der Waals surface area contributed by atoms with E-state index in [1.54, 1.807) is 6.20 Å². The summed E-state index contributed by atoms with van der Waals surface area (Å²) in [5, 5.41) is 4.17. The predicted octanol–water partition coefficient (Wildman–Crippen LogP) is 2.28. The third kappa shape index (κ3) is 1.99. The molecule has 5 nitrogen and oxygen atoms in total. The van der Waals surface area contributed by atoms with Gasteiger partial charge in [0.1, 0.15) is 0 Å². The van der Waals surface area contributed by atoms with Gasteiger partial charge in [0.15, 0.2) is 0 Å². The first-order chi connectivity index (χ1) is 8.74. The molecule has 2 N–H and O–H groups in total. The second-order valence-electron chi connectivity index (χ2n) is 4.02. The van der Waals surface area contributed by atoms with Crippen LogP contribution in [0.2, 0.25) is 0 Å². The zero-order chi connectivity index (χ0) is 12.5. The van der Waals surface area contributed by atoms with E-state index >= 15 is 0 Å². The summed E-state index contributed by atoms with van der Waals surface area (Å²) in [6.07, 6.45) is 3.71. The monoisotopic (exact) mass is 305 g/mol. The van der Waals surface area contributed by atoms with Crippen molar-refractivity contribution >= 4 is 32.9 Å². The van der Waals surface area contributed by atoms with E-state index in [1.165, 1.54) is 0 Å². The maximum absolute atomic E-state index is 5.95. The average molecular weight is 306 g/mol. The van der Waals surface area contributed by atoms with Crippen LogP contribution in [0.1, 0.15) is 0 Å². The lowest BCUT2D eigenvalue weighted by molar-refractivity contribution is 0.545. The molecule has 0 atom stereocenters. The van der Waals surface area contributed by atoms with Crippen molar-refractivity contribution in [3.05, 3.63) is 41.1 Å². The lowest BCUT2D eigenvalue weighted by Crippen LogP contribution is -2.10. The van der Waals surface area contributed by atoms with Gasteiger partial charge in [-0.2, -0.15) is 5.10 Å². The second-order valence-corrected chi connectivity index (χ2v) is 4.94. The fourth-order valence-electron chi connectivity index (χ4n) is 1.99. The first kappa shape index (κ1) is 11.3. The van der Waals surface area contributed by atoms with E-state index in [-0.39, 0.29) is 0 Å². The van der Waals surface area contributed by atoms with E-state index in [2.05, 4.69) is 26.0 Å². The van der Waals surface area contributed by atoms with Crippen molar-refractivity contribution in [2.24, 2.45) is 0 Å². The summed E-state index contributed by atoms with van der Waals surface area (Å²) in [7, 11) is 0. The fourth-order valence-corrected chi connectivity index (χ4v) is 2.34. The van der Waals surface area contributed by atoms with Gasteiger partial charge in [0.2, 0.25) is 5.95 Å². The standard InChI is InChI=1S/C12H12BrN5/c13-9-2-3-11-10(8-9)16-12(14)18(11)7-6-17-5-1-4-15-17/h1-5,8H,6-7H2,(H2,14,16). The van der Waals surface area contributed by atoms with Crippen molar-refractivity contribution in [1.82, 2.24) is 19.3 Å². The van der Waals surface area contributed by atoms with E-state index in [9.17, 15) is 0 Å². The number of halogens is 1. The summed E-state index contributed by atoms with van der Waals surface area (Å²) in [5.41, 5.74) is 7.90. The Labute approximate surface area is 112 Å². The molecule has 0 spiro atoms. The molecule has 0 saturated heterocycles. The number of benzene rings is 1. The topological polar surface area (TPSA) is 61.7 Å². The molecule has 0 saturated carbocycles. The molecule has 1 aromatic carbocycles. The highest BCUT2D eigenvalue weighted by atomic mass is 79.9. The summed E-state index contributed by atoms with van der Waals surface area (Å²) < 4.78 is 4.89. The largest absolute Gasteiger partial charge is 0.369 e. The first-order valence-electron chi connectivity index (χ1n) is 5.63. The third-order valence-corrected chi connectivity index (χ3v) is 3.34. The highest BCUT2D eigenvalue weighted by Gasteiger charge is 2.08. The van der Waals surface area contributed by atoms with E-state index < -0.39 is 0 Å². The van der Waals surface area contributed by atoms with Crippen LogP contribution in [0, 0.1) is 0 Å². The van der Waals surface area contributed by atoms with Crippen molar-refractivity contribution < 1.29 is 0 Å². The number of aryl methyl sites for hydroxylation is 2. The van der Waals surface area contributed by atoms with Crippen LogP contribution in [-0.4, -0.2) is 19.3 Å². The molecule has 3 aromatic rings. The highest BCUT2D eigenvalue weighted by Crippen LogP contribution is 2.21. The van der Waals surface area contributed by atoms with Crippen LogP contribution in [0.15, 0.2) is 41.1 Å². The van der Waals surface area contributed by atoms with Crippen molar-refractivity contribution in [2.45, 2.75) is 13.1 Å². The van der Waals surface area contributed by atoms with Gasteiger partial charge in [0.05, 0.1) is 17.6 Å². The molecule has 2 heterocycles. The van der Waals surface area contributed by atoms with E-state index in [4.69, 9.17) is 5.73 Å². The zero-order valence-electron chi connectivity index (χ0n) is 9.62. The summed E-state index contributed by atoms with van der Waals surface area (Å²) in [4.78, 5) is 4.35. The summed E-state index contributed by atoms with van der Waals surface area (Å²) in [6, 6.07) is 7.89. The minimum atomic E-state index is 0.537. The molecule has 0 radical (unpaired) electrons. The molecule has 2 aromatic heterocycles. The Morgan fingerprint density at radius 2 is 2.17 bits per heavy atom. The molecule has 0 unspecified atom stereocenters. The molecule has 0 fully saturated rings. The third-order valence-electron chi connectivity index (χ3n) is 2.85. The minimum absolute atomic E-state index is 0.537. The molecule has 0 amide bonds. The number of nitrogens with zero attached hydrogens (tertiary/aromatic N) is 4. The average Bonchev–Trinajstić information content (AvgIpc) is 2.93. The Bertz CT molecular complexity index is 671. The van der Waals surface area contributed by atoms with Gasteiger partial charge < -0.3 is 10.3 Å². The number of imidazole rings is 1. The van der Waals surface area contributed by atoms with E-state index in [0.717, 1.165) is 28.6 Å². The molecule has 92 valence electrons. The molecular weight excluding hydrogens is 294 g/mol. The number of rotatable bonds is 3. The fraction of sp³-hybridized carbons (Fsp3) is 0.167. The van der Waals surface area contributed by atoms with Gasteiger partial charge in [-0.25, -0.2) is 4.98 Å². The molecule has 0 aliphatic rings. The van der Waals surface area contributed by atoms with Crippen LogP contribution in [0.4, 0.5) is 5.95 Å². The Hall–Kier alpha value is -1.82. The SMILES string of the molecule is Nc1nc2cc(Br)ccc2n1CCn1cccn1. The Morgan fingerprint density at radius 1 is 1.28 bits per heavy atom. The van der Waals surface area contributed by atoms with Gasteiger partial charge in [-0.15, -0.1) is 0 Å². The van der Waals surface area contributed by atoms with Gasteiger partial charge in [-0.3, -0.25) is 4.68 Å². The number of nitrogens with two attached hydrogens (primary N) is 1. The summed E-state index contributed by atoms with van der Waals surface area (Å²) in [6.45, 7) is 1.53. The van der Waals surface area contributed by atoms with Crippen LogP contribution < -0.4 is 5.73 Å². The Balaban J connectivity index is 1.93. The van der Waals surface area contributed by atoms with Crippen LogP contribution in [0.25, 0.3) is 11.0 Å². The van der Waals surface area contributed by atoms with E-state index in [1.807, 2.05) is 39.7 Å². The molecule has 3 rings (SSSR count). The number of hydrogen-bond donors (Lipinski definition) is 1. The van der Waals surface area contributed by atoms with Gasteiger partial charge in [0.25, 0.3) is 0 Å². The summed E-state index contributed by atoms with van der Waals surface area (Å²) >= 11 is 3.43. The molecule has 0 bridgehead atoms. The lowest BCUT2D eigenvalue weighted by Gasteiger charge is -2.06. The number of fused-ring (bicyclic) bond motifs is 1. The number of hydrogen-bond acceptors (Lipinski definition) is 3. The van der Waals surface area contributed by atoms with Gasteiger partial charge >= 0.3 is 0 Å². The maximum Gasteiger partial charge on any atom is 0.201 e. The van der Waals surface area contributed by atoms with Crippen molar-refractivity contribution in [3.63, 3.8) is 0 Å². The number of anilines is 1. The van der Waals surface area contributed by atoms with Gasteiger partial charge in [-0.05, 0) is 24.3 Å². The van der Waals surface area contributed by atoms with Gasteiger partial charge in [0, 0.05) is 23.4 Å². The quantitative estimate of drug-likeness (QED) is 0.807.